The molecule has 0 aromatic heterocycles. The van der Waals surface area contributed by atoms with Gasteiger partial charge >= 0.3 is 60.6 Å². The van der Waals surface area contributed by atoms with Crippen molar-refractivity contribution in [1.29, 1.82) is 0 Å². The third-order valence-electron chi connectivity index (χ3n) is 8.17. The molecule has 348 valence electrons. The van der Waals surface area contributed by atoms with Crippen molar-refractivity contribution in [1.82, 2.24) is 15.1 Å². The minimum absolute atomic E-state index is 0. The molecule has 2 aliphatic rings. The van der Waals surface area contributed by atoms with Crippen LogP contribution in [0.25, 0.3) is 0 Å². The van der Waals surface area contributed by atoms with Gasteiger partial charge in [-0.3, -0.25) is 0 Å². The van der Waals surface area contributed by atoms with Gasteiger partial charge in [-0.15, -0.1) is 11.6 Å². The Kier molecular flexibility index (Phi) is 35.7. The maximum atomic E-state index is 11.0. The van der Waals surface area contributed by atoms with Crippen LogP contribution in [0.2, 0.25) is 0 Å². The van der Waals surface area contributed by atoms with E-state index in [2.05, 4.69) is 161 Å². The number of benzene rings is 4. The van der Waals surface area contributed by atoms with Gasteiger partial charge < -0.3 is 45.8 Å². The average molecular weight is 1000 g/mol. The second kappa shape index (κ2) is 36.2. The van der Waals surface area contributed by atoms with Crippen molar-refractivity contribution in [2.24, 2.45) is 0 Å². The number of hydrogen-bond donors (Lipinski definition) is 1. The Morgan fingerprint density at radius 3 is 1.35 bits per heavy atom. The largest absolute Gasteiger partial charge is 1.00 e. The van der Waals surface area contributed by atoms with Crippen LogP contribution in [0, 0.1) is 0 Å². The van der Waals surface area contributed by atoms with Crippen LogP contribution in [0.1, 0.15) is 62.3 Å². The van der Waals surface area contributed by atoms with Gasteiger partial charge in [0.1, 0.15) is 13.2 Å². The van der Waals surface area contributed by atoms with Crippen LogP contribution in [-0.4, -0.2) is 112 Å². The molecular weight excluding hydrogens is 930 g/mol. The molecule has 1 N–H and O–H groups in total. The zero-order valence-corrected chi connectivity index (χ0v) is 48.1. The molecule has 0 saturated carbocycles. The molecule has 0 atom stereocenters. The van der Waals surface area contributed by atoms with Gasteiger partial charge in [-0.1, -0.05) is 184 Å². The Hall–Kier alpha value is -0.823. The fraction of sp³-hybridized carbons (Fsp3) is 0.480. The number of hydrogen-bond acceptors (Lipinski definition) is 8. The molecule has 0 bridgehead atoms. The first kappa shape index (κ1) is 64.2. The molecule has 4 aromatic rings. The molecule has 0 aliphatic carbocycles. The Balaban J connectivity index is 0.000000844. The van der Waals surface area contributed by atoms with Crippen molar-refractivity contribution in [3.05, 3.63) is 121 Å². The van der Waals surface area contributed by atoms with Crippen LogP contribution in [-0.2, 0) is 22.1 Å². The third-order valence-corrected chi connectivity index (χ3v) is 14.5. The van der Waals surface area contributed by atoms with E-state index in [-0.39, 0.29) is 78.0 Å². The predicted molar refractivity (Wildman–Crippen MR) is 284 cm³/mol. The molecule has 2 aliphatic heterocycles. The van der Waals surface area contributed by atoms with E-state index >= 15 is 0 Å². The Labute approximate surface area is 450 Å². The molecule has 0 unspecified atom stereocenters. The van der Waals surface area contributed by atoms with Gasteiger partial charge in [-0.25, -0.2) is 20.2 Å². The van der Waals surface area contributed by atoms with Gasteiger partial charge in [-0.05, 0) is 31.2 Å². The quantitative estimate of drug-likeness (QED) is 0.0600. The van der Waals surface area contributed by atoms with Gasteiger partial charge in [0.2, 0.25) is 0 Å². The van der Waals surface area contributed by atoms with E-state index in [4.69, 9.17) is 29.0 Å². The Bertz CT molecular complexity index is 1720. The molecule has 0 spiro atoms. The van der Waals surface area contributed by atoms with E-state index in [9.17, 15) is 9.59 Å². The van der Waals surface area contributed by atoms with Crippen LogP contribution in [0.3, 0.4) is 0 Å². The summed E-state index contributed by atoms with van der Waals surface area (Å²) in [6.45, 7) is 25.5. The number of cyclic esters (lactones) is 2. The number of nitrogens with one attached hydrogen (secondary N) is 1. The molecule has 2 saturated heterocycles. The summed E-state index contributed by atoms with van der Waals surface area (Å²) in [7, 11) is 1.02. The number of alkyl halides is 1. The van der Waals surface area contributed by atoms with Crippen LogP contribution >= 0.6 is 51.6 Å². The average Bonchev–Trinajstić information content (AvgIpc) is 3.84. The number of rotatable bonds is 15. The summed E-state index contributed by atoms with van der Waals surface area (Å²) >= 11 is 14.1. The summed E-state index contributed by atoms with van der Waals surface area (Å²) in [5.74, 6) is 2.64. The van der Waals surface area contributed by atoms with E-state index in [1.807, 2.05) is 56.4 Å². The fourth-order valence-electron chi connectivity index (χ4n) is 5.34. The number of carbonyl (C=O) groups is 2. The standard InChI is InChI=1S/C20H28NPS.C12H10P.C9H17NO2S.C5H8ClNO2.C4H10S.Li.Na/c1-20(2,3)23-17-15-21-14-16-22(18-10-6-4-7-11-18)19-12-8-5-9-13-19;1-3-7-11(8-4-1)13-12-9-5-2-6-10-12;1-9(2,3)13-7-5-10-4-6-12-8(10)11;6-1-2-7-3-4-9-5(7)8;1-4(2,3)5;;/h4-13,21H,14-17H2,1-3H3;1-10H;4-7H2,1-3H3;1-4H2;5H,1-3H3;;/q;-1;;;;2*+1/p-1. The fourth-order valence-corrected chi connectivity index (χ4v) is 10.5. The van der Waals surface area contributed by atoms with Crippen LogP contribution in [0.15, 0.2) is 121 Å². The maximum Gasteiger partial charge on any atom is 1.00 e. The minimum atomic E-state index is -0.264. The first-order valence-corrected chi connectivity index (χ1v) is 27.0. The van der Waals surface area contributed by atoms with E-state index < -0.39 is 0 Å². The molecule has 2 heterocycles. The molecule has 7 nitrogen and oxygen atoms in total. The second-order valence-corrected chi connectivity index (χ2v) is 26.3. The summed E-state index contributed by atoms with van der Waals surface area (Å²) in [6, 6.07) is 42.9. The van der Waals surface area contributed by atoms with Crippen molar-refractivity contribution in [3.8, 4) is 0 Å². The molecular formula is C50H72ClLiN3NaO4P2S3. The third kappa shape index (κ3) is 34.2. The number of thioether (sulfide) groups is 2. The second-order valence-electron chi connectivity index (χ2n) is 17.3. The molecule has 4 aromatic carbocycles. The van der Waals surface area contributed by atoms with Crippen molar-refractivity contribution in [3.63, 3.8) is 0 Å². The molecule has 6 rings (SSSR count). The Morgan fingerprint density at radius 2 is 1.00 bits per heavy atom. The summed E-state index contributed by atoms with van der Waals surface area (Å²) in [6.07, 6.45) is 0.800. The number of amides is 2. The number of nitrogens with zero attached hydrogens (tertiary/aromatic N) is 2. The SMILES string of the molecule is CC(C)(C)SCCN1CCOC1=O.CC(C)(C)SCCNCCP(c1ccccc1)c1ccccc1.CC(C)(C)[S-].O=C1OCCN1CCCl.[Li+].[Na+].c1ccc([P-]c2ccccc2)cc1. The maximum absolute atomic E-state index is 11.0. The van der Waals surface area contributed by atoms with E-state index in [0.717, 1.165) is 31.9 Å². The first-order valence-electron chi connectivity index (χ1n) is 21.6. The van der Waals surface area contributed by atoms with E-state index in [1.165, 1.54) is 41.7 Å². The molecule has 2 fully saturated rings. The van der Waals surface area contributed by atoms with Gasteiger partial charge in [0.15, 0.2) is 0 Å². The normalized spacial score (nSPS) is 13.2. The molecule has 65 heavy (non-hydrogen) atoms. The van der Waals surface area contributed by atoms with Crippen LogP contribution in [0.5, 0.6) is 0 Å². The summed E-state index contributed by atoms with van der Waals surface area (Å²) in [4.78, 5) is 25.0. The number of ether oxygens (including phenoxy) is 2. The van der Waals surface area contributed by atoms with Gasteiger partial charge in [0.25, 0.3) is 0 Å². The molecule has 0 radical (unpaired) electrons. The van der Waals surface area contributed by atoms with Crippen LogP contribution in [0.4, 0.5) is 9.59 Å². The van der Waals surface area contributed by atoms with Crippen LogP contribution < -0.4 is 75.0 Å². The number of halogens is 1. The van der Waals surface area contributed by atoms with Gasteiger partial charge in [0.05, 0.1) is 13.1 Å². The minimum Gasteiger partial charge on any atom is -0.787 e. The van der Waals surface area contributed by atoms with E-state index in [0.29, 0.717) is 36.9 Å². The monoisotopic (exact) mass is 1000 g/mol. The van der Waals surface area contributed by atoms with Crippen molar-refractivity contribution in [2.75, 3.05) is 76.0 Å². The van der Waals surface area contributed by atoms with Gasteiger partial charge in [-0.2, -0.15) is 28.3 Å². The van der Waals surface area contributed by atoms with Gasteiger partial charge in [0, 0.05) is 46.5 Å². The van der Waals surface area contributed by atoms with Crippen molar-refractivity contribution >= 4 is 97.7 Å². The topological polar surface area (TPSA) is 71.1 Å². The Morgan fingerprint density at radius 1 is 0.631 bits per heavy atom. The zero-order chi connectivity index (χ0) is 46.6. The van der Waals surface area contributed by atoms with E-state index in [1.54, 1.807) is 9.80 Å². The summed E-state index contributed by atoms with van der Waals surface area (Å²) < 4.78 is 10.2. The molecule has 2 amide bonds. The molecule has 15 heteroatoms. The van der Waals surface area contributed by atoms with Crippen molar-refractivity contribution < 1.29 is 67.5 Å². The number of carbonyl (C=O) groups excluding carboxylic acids is 2. The first-order chi connectivity index (χ1) is 29.8. The predicted octanol–water partition coefficient (Wildman–Crippen LogP) is 4.81. The van der Waals surface area contributed by atoms with Crippen molar-refractivity contribution in [2.45, 2.75) is 76.6 Å². The summed E-state index contributed by atoms with van der Waals surface area (Å²) in [5.41, 5.74) is 0. The summed E-state index contributed by atoms with van der Waals surface area (Å²) in [5, 5.41) is 9.25. The zero-order valence-electron chi connectivity index (χ0n) is 41.1. The smallest absolute Gasteiger partial charge is 0.787 e.